The Bertz CT molecular complexity index is 640. The summed E-state index contributed by atoms with van der Waals surface area (Å²) in [5.74, 6) is -0.221. The minimum Gasteiger partial charge on any atom is -0.465 e. The van der Waals surface area contributed by atoms with Gasteiger partial charge in [-0.3, -0.25) is 0 Å². The smallest absolute Gasteiger partial charge is 0.338 e. The van der Waals surface area contributed by atoms with Crippen molar-refractivity contribution in [3.8, 4) is 0 Å². The van der Waals surface area contributed by atoms with Crippen LogP contribution in [-0.2, 0) is 14.6 Å². The summed E-state index contributed by atoms with van der Waals surface area (Å²) in [6.45, 7) is 1.82. The van der Waals surface area contributed by atoms with E-state index in [-0.39, 0.29) is 10.8 Å². The van der Waals surface area contributed by atoms with Crippen molar-refractivity contribution < 1.29 is 17.9 Å². The van der Waals surface area contributed by atoms with E-state index in [1.54, 1.807) is 0 Å². The number of rotatable bonds is 3. The Morgan fingerprint density at radius 1 is 1.19 bits per heavy atom. The molecule has 0 bridgehead atoms. The van der Waals surface area contributed by atoms with E-state index in [4.69, 9.17) is 4.74 Å². The molecule has 5 heteroatoms. The molecular formula is C16H22O4S. The quantitative estimate of drug-likeness (QED) is 0.804. The fourth-order valence-corrected chi connectivity index (χ4v) is 4.08. The van der Waals surface area contributed by atoms with Crippen LogP contribution in [0.4, 0.5) is 0 Å². The number of esters is 1. The number of carbonyl (C=O) groups excluding carboxylic acids is 1. The van der Waals surface area contributed by atoms with Gasteiger partial charge in [0.25, 0.3) is 0 Å². The van der Waals surface area contributed by atoms with Crippen molar-refractivity contribution in [2.75, 3.05) is 13.4 Å². The molecule has 0 spiro atoms. The van der Waals surface area contributed by atoms with Crippen LogP contribution in [0.3, 0.4) is 0 Å². The molecule has 1 fully saturated rings. The van der Waals surface area contributed by atoms with Crippen LogP contribution < -0.4 is 0 Å². The number of hydrogen-bond acceptors (Lipinski definition) is 4. The van der Waals surface area contributed by atoms with Crippen molar-refractivity contribution in [1.82, 2.24) is 0 Å². The Hall–Kier alpha value is -1.36. The first kappa shape index (κ1) is 16.0. The van der Waals surface area contributed by atoms with Crippen molar-refractivity contribution in [3.05, 3.63) is 28.8 Å². The van der Waals surface area contributed by atoms with Crippen LogP contribution >= 0.6 is 0 Å². The third-order valence-corrected chi connectivity index (χ3v) is 5.36. The first-order valence-electron chi connectivity index (χ1n) is 7.27. The van der Waals surface area contributed by atoms with Gasteiger partial charge in [0.05, 0.1) is 17.6 Å². The molecule has 0 N–H and O–H groups in total. The SMILES string of the molecule is COC(=O)c1cc(S(C)(=O)=O)c(C2CCCCC2)cc1C. The van der Waals surface area contributed by atoms with E-state index < -0.39 is 15.8 Å². The van der Waals surface area contributed by atoms with Gasteiger partial charge < -0.3 is 4.74 Å². The summed E-state index contributed by atoms with van der Waals surface area (Å²) in [5, 5.41) is 0. The molecule has 21 heavy (non-hydrogen) atoms. The molecule has 1 aliphatic carbocycles. The van der Waals surface area contributed by atoms with Crippen LogP contribution in [0.5, 0.6) is 0 Å². The van der Waals surface area contributed by atoms with Gasteiger partial charge in [-0.25, -0.2) is 13.2 Å². The molecule has 2 rings (SSSR count). The van der Waals surface area contributed by atoms with E-state index in [2.05, 4.69) is 0 Å². The lowest BCUT2D eigenvalue weighted by Crippen LogP contribution is -2.14. The molecule has 0 amide bonds. The molecule has 0 radical (unpaired) electrons. The molecule has 4 nitrogen and oxygen atoms in total. The fraction of sp³-hybridized carbons (Fsp3) is 0.562. The van der Waals surface area contributed by atoms with Crippen molar-refractivity contribution in [3.63, 3.8) is 0 Å². The Morgan fingerprint density at radius 3 is 2.33 bits per heavy atom. The lowest BCUT2D eigenvalue weighted by atomic mass is 9.83. The molecule has 1 aliphatic rings. The van der Waals surface area contributed by atoms with Gasteiger partial charge in [-0.1, -0.05) is 25.3 Å². The second-order valence-corrected chi connectivity index (χ2v) is 7.79. The van der Waals surface area contributed by atoms with Gasteiger partial charge in [-0.05, 0) is 42.9 Å². The fourth-order valence-electron chi connectivity index (χ4n) is 3.09. The van der Waals surface area contributed by atoms with E-state index in [0.29, 0.717) is 5.56 Å². The Morgan fingerprint density at radius 2 is 1.81 bits per heavy atom. The Labute approximate surface area is 126 Å². The van der Waals surface area contributed by atoms with E-state index in [1.807, 2.05) is 13.0 Å². The third kappa shape index (κ3) is 3.46. The largest absolute Gasteiger partial charge is 0.465 e. The van der Waals surface area contributed by atoms with Crippen molar-refractivity contribution in [1.29, 1.82) is 0 Å². The summed E-state index contributed by atoms with van der Waals surface area (Å²) in [6, 6.07) is 3.35. The minimum absolute atomic E-state index is 0.272. The molecule has 1 saturated carbocycles. The van der Waals surface area contributed by atoms with Crippen molar-refractivity contribution in [2.24, 2.45) is 0 Å². The monoisotopic (exact) mass is 310 g/mol. The molecule has 0 saturated heterocycles. The molecule has 0 aromatic heterocycles. The standard InChI is InChI=1S/C16H22O4S/c1-11-9-14(12-7-5-4-6-8-12)15(21(3,18)19)10-13(11)16(17)20-2/h9-10,12H,4-8H2,1-3H3. The molecular weight excluding hydrogens is 288 g/mol. The molecule has 0 aliphatic heterocycles. The van der Waals surface area contributed by atoms with Gasteiger partial charge in [0.15, 0.2) is 9.84 Å². The van der Waals surface area contributed by atoms with Gasteiger partial charge in [-0.15, -0.1) is 0 Å². The number of ether oxygens (including phenoxy) is 1. The molecule has 0 heterocycles. The first-order chi connectivity index (χ1) is 9.84. The van der Waals surface area contributed by atoms with E-state index in [1.165, 1.54) is 25.9 Å². The van der Waals surface area contributed by atoms with Crippen LogP contribution in [0.15, 0.2) is 17.0 Å². The number of sulfone groups is 1. The maximum Gasteiger partial charge on any atom is 0.338 e. The number of benzene rings is 1. The zero-order valence-corrected chi connectivity index (χ0v) is 13.6. The minimum atomic E-state index is -3.37. The summed E-state index contributed by atoms with van der Waals surface area (Å²) >= 11 is 0. The third-order valence-electron chi connectivity index (χ3n) is 4.21. The van der Waals surface area contributed by atoms with Gasteiger partial charge in [0.1, 0.15) is 0 Å². The number of methoxy groups -OCH3 is 1. The van der Waals surface area contributed by atoms with Crippen LogP contribution in [0.25, 0.3) is 0 Å². The van der Waals surface area contributed by atoms with Gasteiger partial charge in [-0.2, -0.15) is 0 Å². The maximum absolute atomic E-state index is 12.1. The number of carbonyl (C=O) groups is 1. The van der Waals surface area contributed by atoms with Crippen molar-refractivity contribution >= 4 is 15.8 Å². The molecule has 1 aromatic carbocycles. The number of aryl methyl sites for hydroxylation is 1. The highest BCUT2D eigenvalue weighted by Gasteiger charge is 2.25. The van der Waals surface area contributed by atoms with Gasteiger partial charge in [0.2, 0.25) is 0 Å². The van der Waals surface area contributed by atoms with Crippen LogP contribution in [0.2, 0.25) is 0 Å². The molecule has 0 unspecified atom stereocenters. The predicted octanol–water partition coefficient (Wildman–Crippen LogP) is 3.23. The maximum atomic E-state index is 12.1. The summed E-state index contributed by atoms with van der Waals surface area (Å²) in [7, 11) is -2.07. The lowest BCUT2D eigenvalue weighted by molar-refractivity contribution is 0.0599. The average Bonchev–Trinajstić information content (AvgIpc) is 2.46. The number of hydrogen-bond donors (Lipinski definition) is 0. The topological polar surface area (TPSA) is 60.4 Å². The van der Waals surface area contributed by atoms with Gasteiger partial charge in [0, 0.05) is 6.26 Å². The van der Waals surface area contributed by atoms with Crippen LogP contribution in [0, 0.1) is 6.92 Å². The first-order valence-corrected chi connectivity index (χ1v) is 9.16. The van der Waals surface area contributed by atoms with E-state index >= 15 is 0 Å². The highest BCUT2D eigenvalue weighted by Crippen LogP contribution is 2.37. The average molecular weight is 310 g/mol. The Balaban J connectivity index is 2.58. The summed E-state index contributed by atoms with van der Waals surface area (Å²) in [4.78, 5) is 12.1. The molecule has 1 aromatic rings. The highest BCUT2D eigenvalue weighted by atomic mass is 32.2. The second kappa shape index (κ2) is 6.18. The Kier molecular flexibility index (Phi) is 4.71. The van der Waals surface area contributed by atoms with Gasteiger partial charge >= 0.3 is 5.97 Å². The zero-order valence-electron chi connectivity index (χ0n) is 12.8. The van der Waals surface area contributed by atoms with Crippen LogP contribution in [0.1, 0.15) is 59.5 Å². The van der Waals surface area contributed by atoms with Crippen LogP contribution in [-0.4, -0.2) is 27.8 Å². The molecule has 116 valence electrons. The molecule has 0 atom stereocenters. The summed E-state index contributed by atoms with van der Waals surface area (Å²) < 4.78 is 29.0. The predicted molar refractivity (Wildman–Crippen MR) is 81.5 cm³/mol. The summed E-state index contributed by atoms with van der Waals surface area (Å²) in [6.07, 6.45) is 6.70. The zero-order chi connectivity index (χ0) is 15.6. The summed E-state index contributed by atoms with van der Waals surface area (Å²) in [5.41, 5.74) is 1.97. The second-order valence-electron chi connectivity index (χ2n) is 5.80. The lowest BCUT2D eigenvalue weighted by Gasteiger charge is -2.25. The van der Waals surface area contributed by atoms with E-state index in [9.17, 15) is 13.2 Å². The highest BCUT2D eigenvalue weighted by molar-refractivity contribution is 7.90. The van der Waals surface area contributed by atoms with Crippen molar-refractivity contribution in [2.45, 2.75) is 49.8 Å². The van der Waals surface area contributed by atoms with E-state index in [0.717, 1.165) is 36.8 Å². The normalized spacial score (nSPS) is 16.7.